The molecule has 0 bridgehead atoms. The van der Waals surface area contributed by atoms with Crippen molar-refractivity contribution in [1.82, 2.24) is 0 Å². The molecule has 0 aliphatic carbocycles. The molecule has 0 radical (unpaired) electrons. The zero-order valence-corrected chi connectivity index (χ0v) is 11.5. The van der Waals surface area contributed by atoms with Crippen molar-refractivity contribution in [2.24, 2.45) is 0 Å². The summed E-state index contributed by atoms with van der Waals surface area (Å²) in [6, 6.07) is 10.7. The van der Waals surface area contributed by atoms with Crippen LogP contribution in [0.1, 0.15) is 10.4 Å². The van der Waals surface area contributed by atoms with Gasteiger partial charge in [-0.15, -0.1) is 0 Å². The van der Waals surface area contributed by atoms with Gasteiger partial charge in [0.15, 0.2) is 24.0 Å². The zero-order valence-electron chi connectivity index (χ0n) is 10.7. The summed E-state index contributed by atoms with van der Waals surface area (Å²) >= 11 is 5.74. The van der Waals surface area contributed by atoms with Gasteiger partial charge in [-0.1, -0.05) is 11.6 Å². The highest BCUT2D eigenvalue weighted by molar-refractivity contribution is 6.30. The largest absolute Gasteiger partial charge is 0.494 e. The van der Waals surface area contributed by atoms with Gasteiger partial charge in [-0.25, -0.2) is 4.39 Å². The van der Waals surface area contributed by atoms with Crippen LogP contribution in [0.3, 0.4) is 0 Å². The molecule has 2 rings (SSSR count). The summed E-state index contributed by atoms with van der Waals surface area (Å²) in [5.74, 6) is -0.275. The predicted octanol–water partition coefficient (Wildman–Crippen LogP) is 3.75. The van der Waals surface area contributed by atoms with Gasteiger partial charge < -0.3 is 9.47 Å². The predicted molar refractivity (Wildman–Crippen MR) is 74.2 cm³/mol. The quantitative estimate of drug-likeness (QED) is 0.788. The number of ether oxygens (including phenoxy) is 2. The van der Waals surface area contributed by atoms with E-state index >= 15 is 0 Å². The maximum absolute atomic E-state index is 13.5. The Morgan fingerprint density at radius 3 is 2.50 bits per heavy atom. The molecular formula is C15H12ClFO3. The van der Waals surface area contributed by atoms with E-state index in [0.29, 0.717) is 10.8 Å². The lowest BCUT2D eigenvalue weighted by atomic mass is 10.1. The number of methoxy groups -OCH3 is 1. The van der Waals surface area contributed by atoms with E-state index in [1.807, 2.05) is 0 Å². The Labute approximate surface area is 120 Å². The minimum absolute atomic E-state index is 0.0974. The first kappa shape index (κ1) is 14.3. The van der Waals surface area contributed by atoms with Crippen LogP contribution in [0.5, 0.6) is 11.5 Å². The van der Waals surface area contributed by atoms with E-state index in [9.17, 15) is 9.18 Å². The Morgan fingerprint density at radius 1 is 1.20 bits per heavy atom. The van der Waals surface area contributed by atoms with Gasteiger partial charge in [0.05, 0.1) is 7.11 Å². The van der Waals surface area contributed by atoms with Crippen LogP contribution in [0, 0.1) is 5.82 Å². The van der Waals surface area contributed by atoms with Gasteiger partial charge in [-0.3, -0.25) is 4.79 Å². The highest BCUT2D eigenvalue weighted by Crippen LogP contribution is 2.19. The lowest BCUT2D eigenvalue weighted by Crippen LogP contribution is -2.11. The van der Waals surface area contributed by atoms with Gasteiger partial charge in [0, 0.05) is 10.6 Å². The molecule has 0 aliphatic heterocycles. The highest BCUT2D eigenvalue weighted by Gasteiger charge is 2.11. The maximum atomic E-state index is 13.5. The van der Waals surface area contributed by atoms with Crippen LogP contribution < -0.4 is 9.47 Å². The van der Waals surface area contributed by atoms with Crippen molar-refractivity contribution in [3.05, 3.63) is 58.9 Å². The molecule has 104 valence electrons. The molecule has 0 heterocycles. The highest BCUT2D eigenvalue weighted by atomic mass is 35.5. The summed E-state index contributed by atoms with van der Waals surface area (Å²) in [6.45, 7) is -0.173. The Balaban J connectivity index is 2.01. The number of benzene rings is 2. The number of carbonyl (C=O) groups excluding carboxylic acids is 1. The summed E-state index contributed by atoms with van der Waals surface area (Å²) in [6.07, 6.45) is 0. The minimum atomic E-state index is -0.579. The number of Topliss-reactive ketones (excluding diaryl/α,β-unsaturated/α-hetero) is 1. The molecule has 5 heteroatoms. The summed E-state index contributed by atoms with van der Waals surface area (Å²) in [4.78, 5) is 11.9. The minimum Gasteiger partial charge on any atom is -0.494 e. The van der Waals surface area contributed by atoms with Gasteiger partial charge in [-0.05, 0) is 42.5 Å². The smallest absolute Gasteiger partial charge is 0.200 e. The van der Waals surface area contributed by atoms with E-state index in [4.69, 9.17) is 21.1 Å². The average molecular weight is 295 g/mol. The molecule has 0 fully saturated rings. The number of halogens is 2. The molecule has 20 heavy (non-hydrogen) atoms. The Bertz CT molecular complexity index is 611. The van der Waals surface area contributed by atoms with Gasteiger partial charge >= 0.3 is 0 Å². The summed E-state index contributed by atoms with van der Waals surface area (Å²) < 4.78 is 23.6. The fraction of sp³-hybridized carbons (Fsp3) is 0.133. The monoisotopic (exact) mass is 294 g/mol. The Hall–Kier alpha value is -2.07. The molecule has 0 N–H and O–H groups in total. The topological polar surface area (TPSA) is 35.5 Å². The summed E-state index contributed by atoms with van der Waals surface area (Å²) in [7, 11) is 1.36. The second kappa shape index (κ2) is 6.39. The number of rotatable bonds is 5. The zero-order chi connectivity index (χ0) is 14.5. The molecule has 0 aliphatic rings. The van der Waals surface area contributed by atoms with Crippen molar-refractivity contribution in [1.29, 1.82) is 0 Å². The van der Waals surface area contributed by atoms with E-state index in [-0.39, 0.29) is 23.7 Å². The van der Waals surface area contributed by atoms with Crippen LogP contribution in [0.15, 0.2) is 42.5 Å². The van der Waals surface area contributed by atoms with Crippen molar-refractivity contribution < 1.29 is 18.7 Å². The van der Waals surface area contributed by atoms with Crippen molar-refractivity contribution >= 4 is 17.4 Å². The van der Waals surface area contributed by atoms with Crippen LogP contribution in [-0.4, -0.2) is 19.5 Å². The Morgan fingerprint density at radius 2 is 1.90 bits per heavy atom. The lowest BCUT2D eigenvalue weighted by molar-refractivity contribution is 0.0921. The summed E-state index contributed by atoms with van der Waals surface area (Å²) in [5, 5.41) is 0.584. The fourth-order valence-corrected chi connectivity index (χ4v) is 1.73. The molecular weight excluding hydrogens is 283 g/mol. The van der Waals surface area contributed by atoms with Crippen LogP contribution in [0.2, 0.25) is 5.02 Å². The van der Waals surface area contributed by atoms with Gasteiger partial charge in [0.2, 0.25) is 0 Å². The third kappa shape index (κ3) is 3.48. The maximum Gasteiger partial charge on any atom is 0.200 e. The SMILES string of the molecule is COc1ccc(C(=O)COc2ccc(Cl)cc2)cc1F. The molecule has 3 nitrogen and oxygen atoms in total. The third-order valence-electron chi connectivity index (χ3n) is 2.66. The van der Waals surface area contributed by atoms with Crippen LogP contribution >= 0.6 is 11.6 Å². The molecule has 0 saturated carbocycles. The van der Waals surface area contributed by atoms with Gasteiger partial charge in [0.25, 0.3) is 0 Å². The molecule has 0 spiro atoms. The van der Waals surface area contributed by atoms with E-state index in [1.165, 1.54) is 19.2 Å². The molecule has 0 atom stereocenters. The molecule has 0 aromatic heterocycles. The number of hydrogen-bond acceptors (Lipinski definition) is 3. The fourth-order valence-electron chi connectivity index (χ4n) is 1.60. The van der Waals surface area contributed by atoms with Gasteiger partial charge in [-0.2, -0.15) is 0 Å². The molecule has 0 saturated heterocycles. The average Bonchev–Trinajstić information content (AvgIpc) is 2.46. The van der Waals surface area contributed by atoms with Crippen molar-refractivity contribution in [2.75, 3.05) is 13.7 Å². The standard InChI is InChI=1S/C15H12ClFO3/c1-19-15-7-2-10(8-13(15)17)14(18)9-20-12-5-3-11(16)4-6-12/h2-8H,9H2,1H3. The normalized spacial score (nSPS) is 10.2. The van der Waals surface area contributed by atoms with E-state index < -0.39 is 5.82 Å². The molecule has 0 amide bonds. The van der Waals surface area contributed by atoms with E-state index in [0.717, 1.165) is 6.07 Å². The van der Waals surface area contributed by atoms with Crippen molar-refractivity contribution in [2.45, 2.75) is 0 Å². The molecule has 2 aromatic rings. The first-order valence-electron chi connectivity index (χ1n) is 5.85. The first-order valence-corrected chi connectivity index (χ1v) is 6.23. The third-order valence-corrected chi connectivity index (χ3v) is 2.91. The van der Waals surface area contributed by atoms with E-state index in [1.54, 1.807) is 24.3 Å². The summed E-state index contributed by atoms with van der Waals surface area (Å²) in [5.41, 5.74) is 0.234. The van der Waals surface area contributed by atoms with Crippen molar-refractivity contribution in [3.63, 3.8) is 0 Å². The first-order chi connectivity index (χ1) is 9.60. The second-order valence-corrected chi connectivity index (χ2v) is 4.45. The molecule has 2 aromatic carbocycles. The number of ketones is 1. The molecule has 0 unspecified atom stereocenters. The van der Waals surface area contributed by atoms with Crippen molar-refractivity contribution in [3.8, 4) is 11.5 Å². The number of hydrogen-bond donors (Lipinski definition) is 0. The van der Waals surface area contributed by atoms with Gasteiger partial charge in [0.1, 0.15) is 5.75 Å². The second-order valence-electron chi connectivity index (χ2n) is 4.02. The Kier molecular flexibility index (Phi) is 4.58. The number of carbonyl (C=O) groups is 1. The lowest BCUT2D eigenvalue weighted by Gasteiger charge is -2.07. The van der Waals surface area contributed by atoms with Crippen LogP contribution in [-0.2, 0) is 0 Å². The van der Waals surface area contributed by atoms with E-state index in [2.05, 4.69) is 0 Å². The van der Waals surface area contributed by atoms with Crippen LogP contribution in [0.4, 0.5) is 4.39 Å². The van der Waals surface area contributed by atoms with Crippen LogP contribution in [0.25, 0.3) is 0 Å².